The Morgan fingerprint density at radius 2 is 2.21 bits per heavy atom. The summed E-state index contributed by atoms with van der Waals surface area (Å²) in [6, 6.07) is 5.16. The third-order valence-electron chi connectivity index (χ3n) is 3.82. The zero-order chi connectivity index (χ0) is 13.5. The van der Waals surface area contributed by atoms with Gasteiger partial charge in [-0.05, 0) is 43.9 Å². The van der Waals surface area contributed by atoms with E-state index >= 15 is 0 Å². The number of rotatable bonds is 5. The average Bonchev–Trinajstić information content (AvgIpc) is 2.97. The molecule has 3 rings (SSSR count). The molecule has 1 heterocycles. The van der Waals surface area contributed by atoms with Gasteiger partial charge in [0.05, 0.1) is 0 Å². The van der Waals surface area contributed by atoms with Crippen LogP contribution >= 0.6 is 0 Å². The predicted octanol–water partition coefficient (Wildman–Crippen LogP) is 3.33. The molecule has 1 fully saturated rings. The van der Waals surface area contributed by atoms with Crippen LogP contribution in [0, 0.1) is 5.82 Å². The highest BCUT2D eigenvalue weighted by Gasteiger charge is 2.42. The van der Waals surface area contributed by atoms with Crippen LogP contribution in [0.3, 0.4) is 0 Å². The van der Waals surface area contributed by atoms with Crippen LogP contribution in [0.2, 0.25) is 0 Å². The molecule has 0 bridgehead atoms. The van der Waals surface area contributed by atoms with Crippen molar-refractivity contribution in [2.24, 2.45) is 0 Å². The second-order valence-electron chi connectivity index (χ2n) is 5.61. The fourth-order valence-corrected chi connectivity index (χ4v) is 2.44. The minimum absolute atomic E-state index is 0.131. The highest BCUT2D eigenvalue weighted by molar-refractivity contribution is 5.83. The van der Waals surface area contributed by atoms with Gasteiger partial charge in [-0.1, -0.05) is 6.07 Å². The van der Waals surface area contributed by atoms with E-state index in [1.807, 2.05) is 19.2 Å². The van der Waals surface area contributed by atoms with Crippen LogP contribution in [0.25, 0.3) is 10.9 Å². The smallest absolute Gasteiger partial charge is 0.132 e. The molecule has 1 unspecified atom stereocenters. The van der Waals surface area contributed by atoms with Gasteiger partial charge in [0.1, 0.15) is 11.5 Å². The number of halogens is 2. The van der Waals surface area contributed by atoms with Crippen LogP contribution in [-0.2, 0) is 6.42 Å². The van der Waals surface area contributed by atoms with Crippen molar-refractivity contribution < 1.29 is 8.78 Å². The van der Waals surface area contributed by atoms with Gasteiger partial charge < -0.3 is 10.3 Å². The van der Waals surface area contributed by atoms with E-state index in [4.69, 9.17) is 0 Å². The van der Waals surface area contributed by atoms with Crippen molar-refractivity contribution in [2.75, 3.05) is 6.54 Å². The lowest BCUT2D eigenvalue weighted by Gasteiger charge is -2.15. The van der Waals surface area contributed by atoms with Crippen molar-refractivity contribution in [1.82, 2.24) is 10.3 Å². The molecule has 19 heavy (non-hydrogen) atoms. The Morgan fingerprint density at radius 3 is 2.95 bits per heavy atom. The second-order valence-corrected chi connectivity index (χ2v) is 5.61. The number of aromatic nitrogens is 1. The number of nitrogens with one attached hydrogen (secondary N) is 2. The van der Waals surface area contributed by atoms with Crippen molar-refractivity contribution in [3.63, 3.8) is 0 Å². The van der Waals surface area contributed by atoms with E-state index in [1.165, 1.54) is 6.07 Å². The molecule has 2 nitrogen and oxygen atoms in total. The Hall–Kier alpha value is -1.42. The zero-order valence-electron chi connectivity index (χ0n) is 11.0. The van der Waals surface area contributed by atoms with Gasteiger partial charge in [0.25, 0.3) is 0 Å². The molecule has 0 spiro atoms. The van der Waals surface area contributed by atoms with E-state index in [9.17, 15) is 8.78 Å². The molecule has 102 valence electrons. The molecule has 2 aromatic rings. The number of alkyl halides is 1. The minimum atomic E-state index is -0.986. The first-order valence-corrected chi connectivity index (χ1v) is 6.74. The van der Waals surface area contributed by atoms with Gasteiger partial charge in [-0.3, -0.25) is 0 Å². The van der Waals surface area contributed by atoms with Gasteiger partial charge in [0.2, 0.25) is 0 Å². The Labute approximate surface area is 111 Å². The van der Waals surface area contributed by atoms with Crippen molar-refractivity contribution in [2.45, 2.75) is 37.9 Å². The van der Waals surface area contributed by atoms with Crippen molar-refractivity contribution in [3.8, 4) is 0 Å². The third kappa shape index (κ3) is 2.63. The zero-order valence-corrected chi connectivity index (χ0v) is 11.0. The van der Waals surface area contributed by atoms with Gasteiger partial charge in [-0.15, -0.1) is 0 Å². The standard InChI is InChI=1S/C15H18F2N2/c1-10(19-9-15(17)5-6-15)7-11-8-18-13-4-2-3-12(16)14(11)13/h2-4,8,10,18-19H,5-7,9H2,1H3. The van der Waals surface area contributed by atoms with Crippen LogP contribution in [0.5, 0.6) is 0 Å². The molecule has 1 aromatic heterocycles. The minimum Gasteiger partial charge on any atom is -0.361 e. The van der Waals surface area contributed by atoms with E-state index in [2.05, 4.69) is 10.3 Å². The van der Waals surface area contributed by atoms with Gasteiger partial charge in [-0.2, -0.15) is 0 Å². The van der Waals surface area contributed by atoms with Crippen LogP contribution in [-0.4, -0.2) is 23.2 Å². The molecular weight excluding hydrogens is 246 g/mol. The molecule has 1 atom stereocenters. The van der Waals surface area contributed by atoms with Gasteiger partial charge in [-0.25, -0.2) is 8.78 Å². The lowest BCUT2D eigenvalue weighted by molar-refractivity contribution is 0.285. The summed E-state index contributed by atoms with van der Waals surface area (Å²) in [4.78, 5) is 3.08. The lowest BCUT2D eigenvalue weighted by Crippen LogP contribution is -2.34. The fraction of sp³-hybridized carbons (Fsp3) is 0.467. The molecule has 0 saturated heterocycles. The van der Waals surface area contributed by atoms with Crippen LogP contribution in [0.1, 0.15) is 25.3 Å². The van der Waals surface area contributed by atoms with Crippen LogP contribution < -0.4 is 5.32 Å². The average molecular weight is 264 g/mol. The molecule has 4 heteroatoms. The highest BCUT2D eigenvalue weighted by atomic mass is 19.1. The first-order valence-electron chi connectivity index (χ1n) is 6.74. The third-order valence-corrected chi connectivity index (χ3v) is 3.82. The maximum atomic E-state index is 13.8. The molecule has 2 N–H and O–H groups in total. The molecule has 1 saturated carbocycles. The summed E-state index contributed by atoms with van der Waals surface area (Å²) in [5.74, 6) is -0.204. The Kier molecular flexibility index (Phi) is 3.05. The van der Waals surface area contributed by atoms with Crippen molar-refractivity contribution in [3.05, 3.63) is 35.8 Å². The summed E-state index contributed by atoms with van der Waals surface area (Å²) in [5, 5.41) is 3.85. The first-order chi connectivity index (χ1) is 9.07. The van der Waals surface area contributed by atoms with E-state index in [1.54, 1.807) is 6.07 Å². The summed E-state index contributed by atoms with van der Waals surface area (Å²) in [6.45, 7) is 2.41. The number of H-pyrrole nitrogens is 1. The summed E-state index contributed by atoms with van der Waals surface area (Å²) in [7, 11) is 0. The molecule has 0 aliphatic heterocycles. The van der Waals surface area contributed by atoms with E-state index < -0.39 is 5.67 Å². The summed E-state index contributed by atoms with van der Waals surface area (Å²) in [6.07, 6.45) is 3.86. The number of hydrogen-bond acceptors (Lipinski definition) is 1. The molecular formula is C15H18F2N2. The lowest BCUT2D eigenvalue weighted by atomic mass is 10.1. The quantitative estimate of drug-likeness (QED) is 0.851. The van der Waals surface area contributed by atoms with Gasteiger partial charge in [0.15, 0.2) is 0 Å². The van der Waals surface area contributed by atoms with Gasteiger partial charge >= 0.3 is 0 Å². The largest absolute Gasteiger partial charge is 0.361 e. The Morgan fingerprint density at radius 1 is 1.42 bits per heavy atom. The molecule has 0 amide bonds. The fourth-order valence-electron chi connectivity index (χ4n) is 2.44. The molecule has 1 aliphatic carbocycles. The van der Waals surface area contributed by atoms with E-state index in [0.717, 1.165) is 11.1 Å². The maximum absolute atomic E-state index is 13.8. The molecule has 1 aliphatic rings. The SMILES string of the molecule is CC(Cc1c[nH]c2cccc(F)c12)NCC1(F)CC1. The summed E-state index contributed by atoms with van der Waals surface area (Å²) < 4.78 is 27.3. The monoisotopic (exact) mass is 264 g/mol. The summed E-state index contributed by atoms with van der Waals surface area (Å²) in [5.41, 5.74) is 0.767. The number of fused-ring (bicyclic) bond motifs is 1. The number of hydrogen-bond donors (Lipinski definition) is 2. The Bertz CT molecular complexity index is 587. The van der Waals surface area contributed by atoms with E-state index in [-0.39, 0.29) is 11.9 Å². The second kappa shape index (κ2) is 4.60. The van der Waals surface area contributed by atoms with Crippen LogP contribution in [0.4, 0.5) is 8.78 Å². The molecule has 0 radical (unpaired) electrons. The van der Waals surface area contributed by atoms with Gasteiger partial charge in [0, 0.05) is 29.7 Å². The predicted molar refractivity (Wildman–Crippen MR) is 72.5 cm³/mol. The number of aromatic amines is 1. The van der Waals surface area contributed by atoms with Crippen molar-refractivity contribution >= 4 is 10.9 Å². The molecule has 1 aromatic carbocycles. The van der Waals surface area contributed by atoms with Crippen LogP contribution in [0.15, 0.2) is 24.4 Å². The van der Waals surface area contributed by atoms with E-state index in [0.29, 0.717) is 31.2 Å². The first kappa shape index (κ1) is 12.6. The van der Waals surface area contributed by atoms with Crippen molar-refractivity contribution in [1.29, 1.82) is 0 Å². The normalized spacial score (nSPS) is 18.7. The number of benzene rings is 1. The highest BCUT2D eigenvalue weighted by Crippen LogP contribution is 2.38. The Balaban J connectivity index is 1.70. The topological polar surface area (TPSA) is 27.8 Å². The summed E-state index contributed by atoms with van der Waals surface area (Å²) >= 11 is 0. The maximum Gasteiger partial charge on any atom is 0.132 e.